The molecule has 0 aromatic rings. The molecule has 1 rings (SSSR count). The van der Waals surface area contributed by atoms with Crippen LogP contribution in [-0.2, 0) is 24.5 Å². The topological polar surface area (TPSA) is 89.5 Å². The van der Waals surface area contributed by atoms with Crippen LogP contribution in [0.2, 0.25) is 0 Å². The van der Waals surface area contributed by atoms with Gasteiger partial charge in [0, 0.05) is 0 Å². The molecule has 96 valence electrons. The Balaban J connectivity index is 2.72. The van der Waals surface area contributed by atoms with Crippen molar-refractivity contribution in [1.82, 2.24) is 4.13 Å². The van der Waals surface area contributed by atoms with Gasteiger partial charge in [-0.1, -0.05) is 4.13 Å². The van der Waals surface area contributed by atoms with Crippen LogP contribution >= 0.6 is 0 Å². The Kier molecular flexibility index (Phi) is 3.53. The lowest BCUT2D eigenvalue weighted by Gasteiger charge is -2.24. The number of hydrogen-bond donors (Lipinski definition) is 1. The number of sulfonamides is 1. The molecule has 0 bridgehead atoms. The van der Waals surface area contributed by atoms with Gasteiger partial charge in [-0.3, -0.25) is 4.18 Å². The van der Waals surface area contributed by atoms with Crippen molar-refractivity contribution in [2.24, 2.45) is 0 Å². The van der Waals surface area contributed by atoms with Crippen LogP contribution in [0.15, 0.2) is 0 Å². The van der Waals surface area contributed by atoms with Crippen LogP contribution in [0.4, 0.5) is 13.2 Å². The SMILES string of the molecule is O=S(=O)(NS(=O)(=O)C(F)(F)F)OC1CCC1. The van der Waals surface area contributed by atoms with Crippen LogP contribution in [0.1, 0.15) is 19.3 Å². The van der Waals surface area contributed by atoms with E-state index >= 15 is 0 Å². The minimum atomic E-state index is -5.95. The van der Waals surface area contributed by atoms with Crippen LogP contribution in [0.5, 0.6) is 0 Å². The zero-order chi connectivity index (χ0) is 12.6. The van der Waals surface area contributed by atoms with Gasteiger partial charge in [-0.05, 0) is 19.3 Å². The van der Waals surface area contributed by atoms with Gasteiger partial charge in [0.1, 0.15) is 0 Å². The standard InChI is InChI=1S/C5H8F3NO5S2/c6-5(7,8)15(10,11)9-16(12,13)14-4-2-1-3-4/h4,9H,1-3H2. The molecule has 0 heterocycles. The summed E-state index contributed by atoms with van der Waals surface area (Å²) >= 11 is 0. The Morgan fingerprint density at radius 2 is 1.62 bits per heavy atom. The van der Waals surface area contributed by atoms with Crippen molar-refractivity contribution < 1.29 is 34.2 Å². The first-order chi connectivity index (χ1) is 7.04. The third kappa shape index (κ3) is 3.30. The maximum atomic E-state index is 11.8. The van der Waals surface area contributed by atoms with Gasteiger partial charge in [-0.25, -0.2) is 8.42 Å². The zero-order valence-corrected chi connectivity index (χ0v) is 9.32. The van der Waals surface area contributed by atoms with Gasteiger partial charge in [0.25, 0.3) is 0 Å². The zero-order valence-electron chi connectivity index (χ0n) is 7.69. The van der Waals surface area contributed by atoms with Crippen molar-refractivity contribution in [1.29, 1.82) is 0 Å². The molecule has 1 aliphatic carbocycles. The molecular weight excluding hydrogens is 275 g/mol. The monoisotopic (exact) mass is 283 g/mol. The first kappa shape index (κ1) is 13.7. The van der Waals surface area contributed by atoms with Crippen molar-refractivity contribution in [3.05, 3.63) is 0 Å². The lowest BCUT2D eigenvalue weighted by Crippen LogP contribution is -2.42. The second-order valence-corrected chi connectivity index (χ2v) is 6.37. The maximum absolute atomic E-state index is 11.8. The molecule has 0 unspecified atom stereocenters. The minimum Gasteiger partial charge on any atom is -0.254 e. The maximum Gasteiger partial charge on any atom is 0.512 e. The summed E-state index contributed by atoms with van der Waals surface area (Å²) in [5, 5.41) is 0. The van der Waals surface area contributed by atoms with E-state index in [0.717, 1.165) is 0 Å². The van der Waals surface area contributed by atoms with E-state index in [9.17, 15) is 30.0 Å². The van der Waals surface area contributed by atoms with Gasteiger partial charge in [0.2, 0.25) is 0 Å². The summed E-state index contributed by atoms with van der Waals surface area (Å²) in [7, 11) is -10.9. The summed E-state index contributed by atoms with van der Waals surface area (Å²) in [5.74, 6) is 0. The Bertz CT molecular complexity index is 449. The average molecular weight is 283 g/mol. The lowest BCUT2D eigenvalue weighted by molar-refractivity contribution is -0.0443. The second-order valence-electron chi connectivity index (χ2n) is 3.14. The molecule has 16 heavy (non-hydrogen) atoms. The number of alkyl halides is 3. The second kappa shape index (κ2) is 4.13. The Morgan fingerprint density at radius 3 is 1.94 bits per heavy atom. The predicted octanol–water partition coefficient (Wildman–Crippen LogP) is 0.240. The lowest BCUT2D eigenvalue weighted by atomic mass is 9.97. The molecule has 11 heteroatoms. The first-order valence-electron chi connectivity index (χ1n) is 4.06. The normalized spacial score (nSPS) is 19.4. The third-order valence-corrected chi connectivity index (χ3v) is 4.66. The molecule has 0 spiro atoms. The van der Waals surface area contributed by atoms with E-state index in [4.69, 9.17) is 0 Å². The molecule has 0 saturated heterocycles. The van der Waals surface area contributed by atoms with Crippen molar-refractivity contribution in [2.45, 2.75) is 30.9 Å². The molecule has 1 fully saturated rings. The molecule has 0 atom stereocenters. The summed E-state index contributed by atoms with van der Waals surface area (Å²) in [4.78, 5) is 0. The van der Waals surface area contributed by atoms with E-state index in [2.05, 4.69) is 4.18 Å². The van der Waals surface area contributed by atoms with E-state index in [1.165, 1.54) is 0 Å². The van der Waals surface area contributed by atoms with Crippen molar-refractivity contribution in [3.8, 4) is 0 Å². The fraction of sp³-hybridized carbons (Fsp3) is 1.00. The van der Waals surface area contributed by atoms with Crippen molar-refractivity contribution in [3.63, 3.8) is 0 Å². The van der Waals surface area contributed by atoms with Crippen LogP contribution < -0.4 is 4.13 Å². The van der Waals surface area contributed by atoms with Crippen molar-refractivity contribution >= 4 is 20.3 Å². The van der Waals surface area contributed by atoms with Gasteiger partial charge < -0.3 is 0 Å². The molecular formula is C5H8F3NO5S2. The fourth-order valence-corrected chi connectivity index (χ4v) is 3.01. The van der Waals surface area contributed by atoms with Crippen LogP contribution in [0.3, 0.4) is 0 Å². The molecule has 1 aliphatic rings. The minimum absolute atomic E-state index is 0.368. The first-order valence-corrected chi connectivity index (χ1v) is 6.96. The summed E-state index contributed by atoms with van der Waals surface area (Å²) < 4.78 is 82.8. The fourth-order valence-electron chi connectivity index (χ4n) is 0.847. The van der Waals surface area contributed by atoms with Crippen LogP contribution in [-0.4, -0.2) is 28.4 Å². The van der Waals surface area contributed by atoms with Gasteiger partial charge in [0.05, 0.1) is 6.10 Å². The molecule has 0 aromatic heterocycles. The number of hydrogen-bond acceptors (Lipinski definition) is 5. The highest BCUT2D eigenvalue weighted by molar-refractivity contribution is 8.03. The van der Waals surface area contributed by atoms with E-state index < -0.39 is 31.9 Å². The smallest absolute Gasteiger partial charge is 0.254 e. The summed E-state index contributed by atoms with van der Waals surface area (Å²) in [6.07, 6.45) is 0.674. The summed E-state index contributed by atoms with van der Waals surface area (Å²) in [6.45, 7) is 0. The molecule has 6 nitrogen and oxygen atoms in total. The van der Waals surface area contributed by atoms with Crippen LogP contribution in [0.25, 0.3) is 0 Å². The highest BCUT2D eigenvalue weighted by Crippen LogP contribution is 2.25. The number of halogens is 3. The van der Waals surface area contributed by atoms with E-state index in [1.807, 2.05) is 0 Å². The third-order valence-electron chi connectivity index (χ3n) is 1.83. The predicted molar refractivity (Wildman–Crippen MR) is 45.8 cm³/mol. The average Bonchev–Trinajstić information content (AvgIpc) is 1.92. The quantitative estimate of drug-likeness (QED) is 0.798. The van der Waals surface area contributed by atoms with Crippen molar-refractivity contribution in [2.75, 3.05) is 0 Å². The largest absolute Gasteiger partial charge is 0.512 e. The van der Waals surface area contributed by atoms with E-state index in [1.54, 1.807) is 0 Å². The Labute approximate surface area is 90.1 Å². The summed E-state index contributed by atoms with van der Waals surface area (Å²) in [6, 6.07) is 0. The van der Waals surface area contributed by atoms with Gasteiger partial charge in [-0.2, -0.15) is 21.6 Å². The van der Waals surface area contributed by atoms with E-state index in [-0.39, 0.29) is 0 Å². The molecule has 0 amide bonds. The number of rotatable bonds is 4. The molecule has 0 radical (unpaired) electrons. The molecule has 1 saturated carbocycles. The van der Waals surface area contributed by atoms with Gasteiger partial charge in [0.15, 0.2) is 0 Å². The molecule has 1 N–H and O–H groups in total. The van der Waals surface area contributed by atoms with Gasteiger partial charge >= 0.3 is 25.8 Å². The molecule has 0 aliphatic heterocycles. The molecule has 0 aromatic carbocycles. The highest BCUT2D eigenvalue weighted by atomic mass is 32.3. The highest BCUT2D eigenvalue weighted by Gasteiger charge is 2.49. The van der Waals surface area contributed by atoms with Crippen LogP contribution in [0, 0.1) is 0 Å². The Hall–Kier alpha value is -0.390. The Morgan fingerprint density at radius 1 is 1.12 bits per heavy atom. The van der Waals surface area contributed by atoms with E-state index in [0.29, 0.717) is 23.4 Å². The summed E-state index contributed by atoms with van der Waals surface area (Å²) in [5.41, 5.74) is -5.69. The van der Waals surface area contributed by atoms with Gasteiger partial charge in [-0.15, -0.1) is 0 Å². The number of nitrogens with one attached hydrogen (secondary N) is 1.